The second-order valence-electron chi connectivity index (χ2n) is 4.59. The molecule has 0 amide bonds. The van der Waals surface area contributed by atoms with Crippen LogP contribution in [0.5, 0.6) is 0 Å². The van der Waals surface area contributed by atoms with E-state index in [1.807, 2.05) is 13.1 Å². The lowest BCUT2D eigenvalue weighted by atomic mass is 9.93. The highest BCUT2D eigenvalue weighted by atomic mass is 16.5. The number of aromatic nitrogens is 1. The third-order valence-corrected chi connectivity index (χ3v) is 3.38. The highest BCUT2D eigenvalue weighted by Gasteiger charge is 2.19. The average molecular weight is 223 g/mol. The van der Waals surface area contributed by atoms with Crippen molar-refractivity contribution in [1.82, 2.24) is 15.4 Å². The Morgan fingerprint density at radius 2 is 2.31 bits per heavy atom. The molecule has 1 saturated heterocycles. The highest BCUT2D eigenvalue weighted by Crippen LogP contribution is 2.21. The molecule has 0 spiro atoms. The molecule has 1 aliphatic rings. The van der Waals surface area contributed by atoms with Crippen LogP contribution in [0.2, 0.25) is 0 Å². The maximum atomic E-state index is 5.13. The fourth-order valence-corrected chi connectivity index (χ4v) is 2.33. The molecule has 4 heteroatoms. The molecular formula is C12H21N3O. The quantitative estimate of drug-likeness (QED) is 0.821. The predicted octanol–water partition coefficient (Wildman–Crippen LogP) is 1.50. The summed E-state index contributed by atoms with van der Waals surface area (Å²) in [6.45, 7) is 4.44. The minimum absolute atomic E-state index is 0.901. The zero-order valence-corrected chi connectivity index (χ0v) is 9.98. The van der Waals surface area contributed by atoms with Gasteiger partial charge in [-0.25, -0.2) is 0 Å². The first-order valence-corrected chi connectivity index (χ1v) is 6.15. The van der Waals surface area contributed by atoms with Gasteiger partial charge in [-0.1, -0.05) is 5.16 Å². The Morgan fingerprint density at radius 1 is 1.50 bits per heavy atom. The van der Waals surface area contributed by atoms with E-state index in [9.17, 15) is 0 Å². The summed E-state index contributed by atoms with van der Waals surface area (Å²) < 4.78 is 5.13. The molecule has 0 saturated carbocycles. The van der Waals surface area contributed by atoms with Gasteiger partial charge in [0, 0.05) is 6.07 Å². The number of hydrogen-bond acceptors (Lipinski definition) is 4. The number of nitrogens with zero attached hydrogens (tertiary/aromatic N) is 2. The smallest absolute Gasteiger partial charge is 0.150 e. The molecule has 0 aliphatic carbocycles. The molecule has 16 heavy (non-hydrogen) atoms. The predicted molar refractivity (Wildman–Crippen MR) is 63.0 cm³/mol. The first-order chi connectivity index (χ1) is 7.88. The molecule has 4 nitrogen and oxygen atoms in total. The number of likely N-dealkylation sites (tertiary alicyclic amines) is 1. The molecule has 1 N–H and O–H groups in total. The van der Waals surface area contributed by atoms with Crippen molar-refractivity contribution < 1.29 is 4.52 Å². The summed E-state index contributed by atoms with van der Waals surface area (Å²) in [4.78, 5) is 2.45. The van der Waals surface area contributed by atoms with E-state index >= 15 is 0 Å². The fourth-order valence-electron chi connectivity index (χ4n) is 2.33. The van der Waals surface area contributed by atoms with Crippen molar-refractivity contribution in [3.8, 4) is 0 Å². The van der Waals surface area contributed by atoms with Crippen LogP contribution >= 0.6 is 0 Å². The first-order valence-electron chi connectivity index (χ1n) is 6.15. The lowest BCUT2D eigenvalue weighted by Gasteiger charge is -2.31. The summed E-state index contributed by atoms with van der Waals surface area (Å²) in [5, 5.41) is 6.96. The highest BCUT2D eigenvalue weighted by molar-refractivity contribution is 4.93. The SMILES string of the molecule is CNCCC1CCN(Cc2ccno2)CC1. The number of piperidine rings is 1. The van der Waals surface area contributed by atoms with Gasteiger partial charge in [0.25, 0.3) is 0 Å². The maximum Gasteiger partial charge on any atom is 0.150 e. The lowest BCUT2D eigenvalue weighted by molar-refractivity contribution is 0.157. The van der Waals surface area contributed by atoms with E-state index in [0.717, 1.165) is 24.8 Å². The Bertz CT molecular complexity index is 278. The molecule has 2 heterocycles. The second-order valence-corrected chi connectivity index (χ2v) is 4.59. The van der Waals surface area contributed by atoms with Gasteiger partial charge in [0.15, 0.2) is 5.76 Å². The molecule has 1 aromatic heterocycles. The van der Waals surface area contributed by atoms with Crippen LogP contribution in [-0.2, 0) is 6.54 Å². The summed E-state index contributed by atoms with van der Waals surface area (Å²) in [7, 11) is 2.03. The van der Waals surface area contributed by atoms with E-state index in [1.54, 1.807) is 6.20 Å². The summed E-state index contributed by atoms with van der Waals surface area (Å²) in [6.07, 6.45) is 5.66. The van der Waals surface area contributed by atoms with Gasteiger partial charge in [-0.2, -0.15) is 0 Å². The van der Waals surface area contributed by atoms with Gasteiger partial charge in [-0.15, -0.1) is 0 Å². The second kappa shape index (κ2) is 6.01. The van der Waals surface area contributed by atoms with Crippen LogP contribution in [-0.4, -0.2) is 36.7 Å². The van der Waals surface area contributed by atoms with Crippen LogP contribution in [0.3, 0.4) is 0 Å². The molecule has 2 rings (SSSR count). The monoisotopic (exact) mass is 223 g/mol. The largest absolute Gasteiger partial charge is 0.360 e. The van der Waals surface area contributed by atoms with Crippen LogP contribution in [0.1, 0.15) is 25.0 Å². The third-order valence-electron chi connectivity index (χ3n) is 3.38. The van der Waals surface area contributed by atoms with Crippen LogP contribution in [0.4, 0.5) is 0 Å². The number of rotatable bonds is 5. The van der Waals surface area contributed by atoms with Gasteiger partial charge >= 0.3 is 0 Å². The Hall–Kier alpha value is -0.870. The third kappa shape index (κ3) is 3.32. The van der Waals surface area contributed by atoms with Crippen LogP contribution in [0.25, 0.3) is 0 Å². The van der Waals surface area contributed by atoms with E-state index in [4.69, 9.17) is 4.52 Å². The molecular weight excluding hydrogens is 202 g/mol. The number of nitrogens with one attached hydrogen (secondary N) is 1. The minimum atomic E-state index is 0.901. The average Bonchev–Trinajstić information content (AvgIpc) is 2.81. The molecule has 1 aliphatic heterocycles. The van der Waals surface area contributed by atoms with E-state index in [1.165, 1.54) is 32.4 Å². The zero-order valence-electron chi connectivity index (χ0n) is 9.98. The van der Waals surface area contributed by atoms with Crippen LogP contribution in [0.15, 0.2) is 16.8 Å². The Balaban J connectivity index is 1.69. The molecule has 0 unspecified atom stereocenters. The lowest BCUT2D eigenvalue weighted by Crippen LogP contribution is -2.33. The van der Waals surface area contributed by atoms with Gasteiger partial charge in [0.1, 0.15) is 0 Å². The van der Waals surface area contributed by atoms with Crippen LogP contribution < -0.4 is 5.32 Å². The van der Waals surface area contributed by atoms with Gasteiger partial charge in [0.2, 0.25) is 0 Å². The van der Waals surface area contributed by atoms with E-state index in [2.05, 4.69) is 15.4 Å². The van der Waals surface area contributed by atoms with Gasteiger partial charge in [-0.3, -0.25) is 4.90 Å². The molecule has 1 fully saturated rings. The van der Waals surface area contributed by atoms with Crippen LogP contribution in [0, 0.1) is 5.92 Å². The topological polar surface area (TPSA) is 41.3 Å². The summed E-state index contributed by atoms with van der Waals surface area (Å²) >= 11 is 0. The summed E-state index contributed by atoms with van der Waals surface area (Å²) in [5.74, 6) is 1.88. The Morgan fingerprint density at radius 3 is 2.94 bits per heavy atom. The van der Waals surface area contributed by atoms with Crippen molar-refractivity contribution in [2.75, 3.05) is 26.7 Å². The van der Waals surface area contributed by atoms with Crippen molar-refractivity contribution in [2.45, 2.75) is 25.8 Å². The molecule has 0 aromatic carbocycles. The van der Waals surface area contributed by atoms with Crippen molar-refractivity contribution >= 4 is 0 Å². The first kappa shape index (κ1) is 11.6. The number of hydrogen-bond donors (Lipinski definition) is 1. The maximum absolute atomic E-state index is 5.13. The van der Waals surface area contributed by atoms with Crippen molar-refractivity contribution in [3.63, 3.8) is 0 Å². The Kier molecular flexibility index (Phi) is 4.36. The summed E-state index contributed by atoms with van der Waals surface area (Å²) in [6, 6.07) is 1.95. The summed E-state index contributed by atoms with van der Waals surface area (Å²) in [5.41, 5.74) is 0. The molecule has 90 valence electrons. The van der Waals surface area contributed by atoms with Gasteiger partial charge < -0.3 is 9.84 Å². The molecule has 0 bridgehead atoms. The van der Waals surface area contributed by atoms with Gasteiger partial charge in [0.05, 0.1) is 12.7 Å². The normalized spacial score (nSPS) is 19.1. The van der Waals surface area contributed by atoms with Gasteiger partial charge in [-0.05, 0) is 51.9 Å². The molecule has 1 aromatic rings. The van der Waals surface area contributed by atoms with E-state index in [0.29, 0.717) is 0 Å². The Labute approximate surface area is 97.0 Å². The molecule has 0 radical (unpaired) electrons. The fraction of sp³-hybridized carbons (Fsp3) is 0.750. The van der Waals surface area contributed by atoms with Crippen molar-refractivity contribution in [2.24, 2.45) is 5.92 Å². The van der Waals surface area contributed by atoms with E-state index < -0.39 is 0 Å². The standard InChI is InChI=1S/C12H21N3O/c1-13-6-2-11-4-8-15(9-5-11)10-12-3-7-14-16-12/h3,7,11,13H,2,4-6,8-10H2,1H3. The van der Waals surface area contributed by atoms with E-state index in [-0.39, 0.29) is 0 Å². The molecule has 0 atom stereocenters. The van der Waals surface area contributed by atoms with Crippen molar-refractivity contribution in [1.29, 1.82) is 0 Å². The zero-order chi connectivity index (χ0) is 11.2. The minimum Gasteiger partial charge on any atom is -0.360 e. The van der Waals surface area contributed by atoms with Crippen molar-refractivity contribution in [3.05, 3.63) is 18.0 Å².